The average Bonchev–Trinajstić information content (AvgIpc) is 2.95. The molecular formula is C13H12N2O2S3. The van der Waals surface area contributed by atoms with Gasteiger partial charge >= 0.3 is 0 Å². The summed E-state index contributed by atoms with van der Waals surface area (Å²) in [6.07, 6.45) is 0.683. The third-order valence-electron chi connectivity index (χ3n) is 2.63. The fourth-order valence-corrected chi connectivity index (χ4v) is 4.23. The van der Waals surface area contributed by atoms with Gasteiger partial charge in [0.15, 0.2) is 0 Å². The molecule has 0 amide bonds. The Morgan fingerprint density at radius 2 is 2.20 bits per heavy atom. The van der Waals surface area contributed by atoms with Gasteiger partial charge in [-0.05, 0) is 53.4 Å². The molecule has 0 atom stereocenters. The Bertz CT molecular complexity index is 731. The van der Waals surface area contributed by atoms with E-state index in [1.165, 1.54) is 11.3 Å². The zero-order valence-corrected chi connectivity index (χ0v) is 13.1. The van der Waals surface area contributed by atoms with Crippen LogP contribution in [0.2, 0.25) is 0 Å². The smallest absolute Gasteiger partial charge is 0.271 e. The van der Waals surface area contributed by atoms with Crippen LogP contribution in [0.3, 0.4) is 0 Å². The number of thiophene rings is 1. The van der Waals surface area contributed by atoms with Gasteiger partial charge in [0.2, 0.25) is 0 Å². The topological polar surface area (TPSA) is 70.0 Å². The molecule has 0 aliphatic rings. The van der Waals surface area contributed by atoms with Crippen LogP contribution in [-0.2, 0) is 16.4 Å². The van der Waals surface area contributed by atoms with Crippen molar-refractivity contribution in [2.75, 3.05) is 4.72 Å². The number of nitriles is 1. The van der Waals surface area contributed by atoms with Gasteiger partial charge in [0, 0.05) is 4.90 Å². The molecular weight excluding hydrogens is 312 g/mol. The fourth-order valence-electron chi connectivity index (χ4n) is 1.69. The predicted octanol–water partition coefficient (Wildman–Crippen LogP) is 3.68. The lowest BCUT2D eigenvalue weighted by molar-refractivity contribution is 0.603. The number of thioether (sulfide) groups is 1. The van der Waals surface area contributed by atoms with E-state index in [0.717, 1.165) is 22.2 Å². The normalized spacial score (nSPS) is 11.0. The van der Waals surface area contributed by atoms with E-state index in [1.54, 1.807) is 29.6 Å². The Labute approximate surface area is 126 Å². The van der Waals surface area contributed by atoms with Crippen molar-refractivity contribution in [2.24, 2.45) is 0 Å². The van der Waals surface area contributed by atoms with Crippen LogP contribution >= 0.6 is 23.1 Å². The van der Waals surface area contributed by atoms with Gasteiger partial charge in [0.1, 0.15) is 9.61 Å². The number of hydrogen-bond acceptors (Lipinski definition) is 5. The molecule has 0 spiro atoms. The lowest BCUT2D eigenvalue weighted by Crippen LogP contribution is -2.12. The molecule has 0 aliphatic heterocycles. The molecule has 0 radical (unpaired) electrons. The summed E-state index contributed by atoms with van der Waals surface area (Å²) < 4.78 is 27.3. The lowest BCUT2D eigenvalue weighted by Gasteiger charge is -2.11. The molecule has 104 valence electrons. The minimum atomic E-state index is -3.53. The summed E-state index contributed by atoms with van der Waals surface area (Å²) in [5.74, 6) is 0. The summed E-state index contributed by atoms with van der Waals surface area (Å²) in [6.45, 7) is 1.94. The van der Waals surface area contributed by atoms with Crippen LogP contribution in [0.5, 0.6) is 0 Å². The van der Waals surface area contributed by atoms with Crippen molar-refractivity contribution in [3.63, 3.8) is 0 Å². The molecule has 2 rings (SSSR count). The van der Waals surface area contributed by atoms with Crippen molar-refractivity contribution in [1.82, 2.24) is 0 Å². The minimum Gasteiger partial charge on any atom is -0.279 e. The van der Waals surface area contributed by atoms with Crippen LogP contribution in [0.4, 0.5) is 5.69 Å². The second-order valence-corrected chi connectivity index (χ2v) is 7.62. The average molecular weight is 324 g/mol. The quantitative estimate of drug-likeness (QED) is 0.673. The number of anilines is 1. The van der Waals surface area contributed by atoms with Crippen LogP contribution in [0.25, 0.3) is 0 Å². The summed E-state index contributed by atoms with van der Waals surface area (Å²) in [6, 6.07) is 8.54. The number of aryl methyl sites for hydroxylation is 1. The van der Waals surface area contributed by atoms with Crippen molar-refractivity contribution in [2.45, 2.75) is 22.4 Å². The summed E-state index contributed by atoms with van der Waals surface area (Å²) in [5.41, 5.74) is 1.42. The molecule has 0 saturated heterocycles. The maximum atomic E-state index is 12.2. The summed E-state index contributed by atoms with van der Waals surface area (Å²) in [5, 5.41) is 12.4. The highest BCUT2D eigenvalue weighted by Gasteiger charge is 2.16. The van der Waals surface area contributed by atoms with E-state index in [9.17, 15) is 8.42 Å². The number of sulfonamides is 1. The third kappa shape index (κ3) is 3.33. The van der Waals surface area contributed by atoms with Gasteiger partial charge in [-0.3, -0.25) is 4.72 Å². The van der Waals surface area contributed by atoms with E-state index >= 15 is 0 Å². The van der Waals surface area contributed by atoms with Crippen LogP contribution in [-0.4, -0.2) is 8.42 Å². The zero-order chi connectivity index (χ0) is 14.6. The third-order valence-corrected chi connectivity index (χ3v) is 5.97. The molecule has 0 bridgehead atoms. The molecule has 20 heavy (non-hydrogen) atoms. The Morgan fingerprint density at radius 1 is 1.40 bits per heavy atom. The van der Waals surface area contributed by atoms with Gasteiger partial charge in [-0.25, -0.2) is 8.42 Å². The summed E-state index contributed by atoms with van der Waals surface area (Å²) in [7, 11) is -3.53. The largest absolute Gasteiger partial charge is 0.279 e. The monoisotopic (exact) mass is 324 g/mol. The maximum Gasteiger partial charge on any atom is 0.271 e. The molecule has 1 aromatic heterocycles. The van der Waals surface area contributed by atoms with Crippen molar-refractivity contribution in [3.05, 3.63) is 41.3 Å². The van der Waals surface area contributed by atoms with Crippen LogP contribution in [0, 0.1) is 10.7 Å². The first-order valence-electron chi connectivity index (χ1n) is 5.82. The number of nitrogens with zero attached hydrogens (tertiary/aromatic N) is 1. The predicted molar refractivity (Wildman–Crippen MR) is 82.4 cm³/mol. The number of nitrogens with one attached hydrogen (secondary N) is 1. The highest BCUT2D eigenvalue weighted by Crippen LogP contribution is 2.27. The molecule has 1 heterocycles. The molecule has 0 fully saturated rings. The van der Waals surface area contributed by atoms with Crippen LogP contribution in [0.15, 0.2) is 44.8 Å². The van der Waals surface area contributed by atoms with Crippen LogP contribution in [0.1, 0.15) is 12.5 Å². The van der Waals surface area contributed by atoms with Gasteiger partial charge in [-0.1, -0.05) is 13.0 Å². The molecule has 1 aromatic carbocycles. The second-order valence-electron chi connectivity index (χ2n) is 3.90. The Morgan fingerprint density at radius 3 is 2.80 bits per heavy atom. The number of benzene rings is 1. The lowest BCUT2D eigenvalue weighted by atomic mass is 10.1. The Balaban J connectivity index is 2.32. The first kappa shape index (κ1) is 14.9. The molecule has 0 saturated carbocycles. The van der Waals surface area contributed by atoms with E-state index in [-0.39, 0.29) is 4.21 Å². The molecule has 2 aromatic rings. The number of hydrogen-bond donors (Lipinski definition) is 1. The van der Waals surface area contributed by atoms with E-state index < -0.39 is 10.0 Å². The highest BCUT2D eigenvalue weighted by atomic mass is 32.2. The fraction of sp³-hybridized carbons (Fsp3) is 0.154. The zero-order valence-electron chi connectivity index (χ0n) is 10.7. The van der Waals surface area contributed by atoms with Gasteiger partial charge in [-0.2, -0.15) is 5.26 Å². The van der Waals surface area contributed by atoms with E-state index in [4.69, 9.17) is 5.26 Å². The van der Waals surface area contributed by atoms with Crippen LogP contribution < -0.4 is 4.72 Å². The van der Waals surface area contributed by atoms with Gasteiger partial charge < -0.3 is 0 Å². The van der Waals surface area contributed by atoms with Crippen molar-refractivity contribution >= 4 is 38.8 Å². The molecule has 0 aliphatic carbocycles. The standard InChI is InChI=1S/C13H12N2O2S3/c1-2-10-8-11(19-9-14)5-6-12(10)15-20(16,17)13-4-3-7-18-13/h3-8,15H,2H2,1H3. The maximum absolute atomic E-state index is 12.2. The number of rotatable bonds is 5. The van der Waals surface area contributed by atoms with E-state index in [0.29, 0.717) is 12.1 Å². The van der Waals surface area contributed by atoms with Crippen molar-refractivity contribution in [3.8, 4) is 5.40 Å². The second kappa shape index (κ2) is 6.31. The summed E-state index contributed by atoms with van der Waals surface area (Å²) in [4.78, 5) is 0.809. The van der Waals surface area contributed by atoms with Crippen molar-refractivity contribution in [1.29, 1.82) is 5.26 Å². The molecule has 0 unspecified atom stereocenters. The van der Waals surface area contributed by atoms with E-state index in [1.807, 2.05) is 18.4 Å². The molecule has 7 heteroatoms. The van der Waals surface area contributed by atoms with Crippen molar-refractivity contribution < 1.29 is 8.42 Å². The SMILES string of the molecule is CCc1cc(SC#N)ccc1NS(=O)(=O)c1cccs1. The van der Waals surface area contributed by atoms with Gasteiger partial charge in [0.25, 0.3) is 10.0 Å². The molecule has 1 N–H and O–H groups in total. The highest BCUT2D eigenvalue weighted by molar-refractivity contribution is 8.03. The van der Waals surface area contributed by atoms with Gasteiger partial charge in [-0.15, -0.1) is 11.3 Å². The first-order valence-corrected chi connectivity index (χ1v) is 9.00. The number of thiocyanates is 1. The first-order chi connectivity index (χ1) is 9.56. The molecule has 4 nitrogen and oxygen atoms in total. The van der Waals surface area contributed by atoms with Gasteiger partial charge in [0.05, 0.1) is 5.69 Å². The minimum absolute atomic E-state index is 0.287. The summed E-state index contributed by atoms with van der Waals surface area (Å²) >= 11 is 2.24. The van der Waals surface area contributed by atoms with E-state index in [2.05, 4.69) is 4.72 Å². The Hall–Kier alpha value is -1.49. The Kier molecular flexibility index (Phi) is 4.70.